The highest BCUT2D eigenvalue weighted by Crippen LogP contribution is 2.23. The Kier molecular flexibility index (Phi) is 6.00. The summed E-state index contributed by atoms with van der Waals surface area (Å²) in [5.41, 5.74) is 1.32. The molecule has 0 N–H and O–H groups in total. The lowest BCUT2D eigenvalue weighted by Crippen LogP contribution is -2.31. The molecule has 0 bridgehead atoms. The van der Waals surface area contributed by atoms with Crippen molar-refractivity contribution in [1.82, 2.24) is 0 Å². The Balaban J connectivity index is 2.42. The molecule has 0 aliphatic rings. The van der Waals surface area contributed by atoms with Crippen molar-refractivity contribution < 1.29 is 13.2 Å². The molecule has 0 saturated heterocycles. The van der Waals surface area contributed by atoms with Gasteiger partial charge in [0.15, 0.2) is 15.6 Å². The number of hydrogen-bond acceptors (Lipinski definition) is 3. The van der Waals surface area contributed by atoms with Crippen LogP contribution in [-0.4, -0.2) is 25.3 Å². The highest BCUT2D eigenvalue weighted by Gasteiger charge is 2.33. The minimum absolute atomic E-state index is 0.0761. The maximum Gasteiger partial charge on any atom is 0.188 e. The summed E-state index contributed by atoms with van der Waals surface area (Å²) < 4.78 is 26.5. The number of aryl methyl sites for hydroxylation is 1. The monoisotopic (exact) mass is 414 g/mol. The lowest BCUT2D eigenvalue weighted by molar-refractivity contribution is 0.0985. The number of carbonyl (C=O) groups excluding carboxylic acids is 1. The molecule has 1 atom stereocenters. The number of alkyl halides is 1. The Bertz CT molecular complexity index is 784. The molecule has 6 heteroatoms. The zero-order valence-corrected chi connectivity index (χ0v) is 15.7. The summed E-state index contributed by atoms with van der Waals surface area (Å²) in [6, 6.07) is 13.1. The van der Waals surface area contributed by atoms with Gasteiger partial charge in [0.05, 0.1) is 4.90 Å². The van der Waals surface area contributed by atoms with E-state index in [0.717, 1.165) is 10.0 Å². The first-order valence-electron chi connectivity index (χ1n) is 7.02. The summed E-state index contributed by atoms with van der Waals surface area (Å²) in [6.45, 7) is 1.87. The maximum absolute atomic E-state index is 12.8. The van der Waals surface area contributed by atoms with Gasteiger partial charge in [0.2, 0.25) is 0 Å². The number of Topliss-reactive ketones (excluding diaryl/α,β-unsaturated/α-hetero) is 1. The molecule has 2 rings (SSSR count). The molecule has 0 heterocycles. The van der Waals surface area contributed by atoms with Crippen LogP contribution in [0.3, 0.4) is 0 Å². The molecule has 3 nitrogen and oxygen atoms in total. The summed E-state index contributed by atoms with van der Waals surface area (Å²) in [5.74, 6) is -0.336. The van der Waals surface area contributed by atoms with Crippen LogP contribution in [0.5, 0.6) is 0 Å². The number of carbonyl (C=O) groups is 1. The average Bonchev–Trinajstić information content (AvgIpc) is 2.53. The fourth-order valence-electron chi connectivity index (χ4n) is 2.22. The fraction of sp³-hybridized carbons (Fsp3) is 0.235. The van der Waals surface area contributed by atoms with Crippen molar-refractivity contribution in [2.24, 2.45) is 0 Å². The lowest BCUT2D eigenvalue weighted by atomic mass is 10.1. The topological polar surface area (TPSA) is 51.2 Å². The standard InChI is InChI=1S/C17H16BrClO3S/c1-12-2-8-15(9-3-12)23(21,22)16(10-11-19)17(20)13-4-6-14(18)7-5-13/h2-9,16H,10-11H2,1H3. The Morgan fingerprint density at radius 2 is 1.65 bits per heavy atom. The summed E-state index contributed by atoms with van der Waals surface area (Å²) in [5, 5.41) is -1.18. The van der Waals surface area contributed by atoms with Crippen molar-refractivity contribution >= 4 is 43.2 Å². The van der Waals surface area contributed by atoms with E-state index >= 15 is 0 Å². The molecule has 0 aliphatic carbocycles. The Hall–Kier alpha value is -1.17. The third kappa shape index (κ3) is 4.22. The SMILES string of the molecule is Cc1ccc(S(=O)(=O)C(CCCl)C(=O)c2ccc(Br)cc2)cc1. The Labute approximate surface area is 149 Å². The number of hydrogen-bond donors (Lipinski definition) is 0. The second-order valence-corrected chi connectivity index (χ2v) is 8.62. The number of ketones is 1. The highest BCUT2D eigenvalue weighted by molar-refractivity contribution is 9.10. The van der Waals surface area contributed by atoms with E-state index < -0.39 is 20.9 Å². The van der Waals surface area contributed by atoms with Crippen LogP contribution in [0.15, 0.2) is 57.9 Å². The van der Waals surface area contributed by atoms with E-state index in [1.807, 2.05) is 6.92 Å². The number of sulfone groups is 1. The van der Waals surface area contributed by atoms with Gasteiger partial charge in [0, 0.05) is 15.9 Å². The van der Waals surface area contributed by atoms with Crippen LogP contribution >= 0.6 is 27.5 Å². The quantitative estimate of drug-likeness (QED) is 0.518. The zero-order valence-electron chi connectivity index (χ0n) is 12.5. The summed E-state index contributed by atoms with van der Waals surface area (Å²) >= 11 is 9.04. The molecule has 1 unspecified atom stereocenters. The minimum Gasteiger partial charge on any atom is -0.293 e. The Morgan fingerprint density at radius 3 is 2.17 bits per heavy atom. The van der Waals surface area contributed by atoms with Gasteiger partial charge in [0.1, 0.15) is 5.25 Å². The van der Waals surface area contributed by atoms with Gasteiger partial charge in [-0.05, 0) is 37.6 Å². The van der Waals surface area contributed by atoms with Gasteiger partial charge in [-0.2, -0.15) is 0 Å². The first-order valence-corrected chi connectivity index (χ1v) is 9.90. The molecule has 2 aromatic rings. The predicted molar refractivity (Wildman–Crippen MR) is 96.0 cm³/mol. The van der Waals surface area contributed by atoms with Crippen molar-refractivity contribution in [2.45, 2.75) is 23.5 Å². The molecular formula is C17H16BrClO3S. The summed E-state index contributed by atoms with van der Waals surface area (Å²) in [7, 11) is -3.78. The summed E-state index contributed by atoms with van der Waals surface area (Å²) in [4.78, 5) is 12.8. The van der Waals surface area contributed by atoms with Crippen LogP contribution in [0, 0.1) is 6.92 Å². The molecule has 2 aromatic carbocycles. The molecule has 122 valence electrons. The van der Waals surface area contributed by atoms with Crippen LogP contribution in [0.2, 0.25) is 0 Å². The zero-order chi connectivity index (χ0) is 17.0. The second kappa shape index (κ2) is 7.60. The average molecular weight is 416 g/mol. The molecule has 0 amide bonds. The van der Waals surface area contributed by atoms with Crippen LogP contribution < -0.4 is 0 Å². The van der Waals surface area contributed by atoms with E-state index in [1.165, 1.54) is 12.1 Å². The van der Waals surface area contributed by atoms with Gasteiger partial charge in [-0.15, -0.1) is 11.6 Å². The molecule has 0 saturated carbocycles. The highest BCUT2D eigenvalue weighted by atomic mass is 79.9. The van der Waals surface area contributed by atoms with Gasteiger partial charge in [-0.25, -0.2) is 8.42 Å². The molecule has 0 aromatic heterocycles. The molecular weight excluding hydrogens is 400 g/mol. The Morgan fingerprint density at radius 1 is 1.09 bits per heavy atom. The second-order valence-electron chi connectivity index (χ2n) is 5.20. The van der Waals surface area contributed by atoms with E-state index in [1.54, 1.807) is 36.4 Å². The molecule has 0 radical (unpaired) electrons. The van der Waals surface area contributed by atoms with E-state index in [4.69, 9.17) is 11.6 Å². The van der Waals surface area contributed by atoms with Gasteiger partial charge in [-0.3, -0.25) is 4.79 Å². The largest absolute Gasteiger partial charge is 0.293 e. The molecule has 23 heavy (non-hydrogen) atoms. The van der Waals surface area contributed by atoms with Crippen molar-refractivity contribution in [3.63, 3.8) is 0 Å². The number of benzene rings is 2. The van der Waals surface area contributed by atoms with Crippen LogP contribution in [0.1, 0.15) is 22.3 Å². The third-order valence-corrected chi connectivity index (χ3v) is 6.39. The number of halogens is 2. The first-order chi connectivity index (χ1) is 10.9. The van der Waals surface area contributed by atoms with Crippen molar-refractivity contribution in [3.8, 4) is 0 Å². The first kappa shape index (κ1) is 18.2. The van der Waals surface area contributed by atoms with Crippen molar-refractivity contribution in [2.75, 3.05) is 5.88 Å². The minimum atomic E-state index is -3.78. The van der Waals surface area contributed by atoms with Crippen LogP contribution in [-0.2, 0) is 9.84 Å². The van der Waals surface area contributed by atoms with Gasteiger partial charge < -0.3 is 0 Å². The van der Waals surface area contributed by atoms with Crippen LogP contribution in [0.4, 0.5) is 0 Å². The fourth-order valence-corrected chi connectivity index (χ4v) is 4.52. The maximum atomic E-state index is 12.8. The van der Waals surface area contributed by atoms with E-state index in [9.17, 15) is 13.2 Å². The van der Waals surface area contributed by atoms with Gasteiger partial charge in [0.25, 0.3) is 0 Å². The number of rotatable bonds is 6. The van der Waals surface area contributed by atoms with Crippen molar-refractivity contribution in [3.05, 3.63) is 64.1 Å². The summed E-state index contributed by atoms with van der Waals surface area (Å²) in [6.07, 6.45) is 0.0761. The van der Waals surface area contributed by atoms with E-state index in [2.05, 4.69) is 15.9 Å². The van der Waals surface area contributed by atoms with E-state index in [0.29, 0.717) is 5.56 Å². The van der Waals surface area contributed by atoms with Gasteiger partial charge in [-0.1, -0.05) is 45.8 Å². The van der Waals surface area contributed by atoms with Crippen molar-refractivity contribution in [1.29, 1.82) is 0 Å². The normalized spacial score (nSPS) is 12.8. The third-order valence-electron chi connectivity index (χ3n) is 3.52. The molecule has 0 spiro atoms. The predicted octanol–water partition coefficient (Wildman–Crippen LogP) is 4.41. The van der Waals surface area contributed by atoms with Crippen LogP contribution in [0.25, 0.3) is 0 Å². The van der Waals surface area contributed by atoms with Gasteiger partial charge >= 0.3 is 0 Å². The lowest BCUT2D eigenvalue weighted by Gasteiger charge is -2.16. The smallest absolute Gasteiger partial charge is 0.188 e. The van der Waals surface area contributed by atoms with E-state index in [-0.39, 0.29) is 17.2 Å². The molecule has 0 fully saturated rings. The molecule has 0 aliphatic heterocycles.